The summed E-state index contributed by atoms with van der Waals surface area (Å²) in [5.74, 6) is 4.98. The Balaban J connectivity index is 3.11. The van der Waals surface area contributed by atoms with Crippen LogP contribution < -0.4 is 0 Å². The van der Waals surface area contributed by atoms with E-state index in [2.05, 4.69) is 11.8 Å². The van der Waals surface area contributed by atoms with Crippen LogP contribution in [0, 0.1) is 30.1 Å². The van der Waals surface area contributed by atoms with E-state index in [0.29, 0.717) is 0 Å². The van der Waals surface area contributed by atoms with Gasteiger partial charge in [-0.15, -0.1) is 0 Å². The van der Waals surface area contributed by atoms with Crippen molar-refractivity contribution < 1.29 is 13.2 Å². The summed E-state index contributed by atoms with van der Waals surface area (Å²) in [6.07, 6.45) is -4.35. The van der Waals surface area contributed by atoms with Gasteiger partial charge in [-0.05, 0) is 24.6 Å². The maximum absolute atomic E-state index is 12.5. The van der Waals surface area contributed by atoms with Crippen LogP contribution >= 0.6 is 0 Å². The molecule has 0 atom stereocenters. The number of benzene rings is 1. The van der Waals surface area contributed by atoms with Gasteiger partial charge in [0.15, 0.2) is 0 Å². The molecule has 0 spiro atoms. The topological polar surface area (TPSA) is 23.8 Å². The van der Waals surface area contributed by atoms with Crippen LogP contribution in [0.25, 0.3) is 0 Å². The first-order chi connectivity index (χ1) is 7.45. The smallest absolute Gasteiger partial charge is 0.197 e. The summed E-state index contributed by atoms with van der Waals surface area (Å²) in [5, 5.41) is 8.24. The van der Waals surface area contributed by atoms with Crippen LogP contribution in [0.2, 0.25) is 0 Å². The minimum atomic E-state index is -4.36. The number of nitrogens with zero attached hydrogens (tertiary/aromatic N) is 1. The second-order valence-corrected chi connectivity index (χ2v) is 3.16. The van der Waals surface area contributed by atoms with Crippen molar-refractivity contribution in [1.82, 2.24) is 0 Å². The van der Waals surface area contributed by atoms with Crippen LogP contribution in [0.3, 0.4) is 0 Å². The van der Waals surface area contributed by atoms with Crippen molar-refractivity contribution in [3.8, 4) is 17.9 Å². The summed E-state index contributed by atoms with van der Waals surface area (Å²) in [6, 6.07) is 5.68. The lowest BCUT2D eigenvalue weighted by atomic mass is 10.0. The molecule has 0 radical (unpaired) electrons. The van der Waals surface area contributed by atoms with Crippen LogP contribution in [0.1, 0.15) is 23.1 Å². The SMILES string of the molecule is Cc1ccc(C#CCC#N)cc1C(F)(F)F. The second-order valence-electron chi connectivity index (χ2n) is 3.16. The third-order valence-corrected chi connectivity index (χ3v) is 1.94. The highest BCUT2D eigenvalue weighted by molar-refractivity contribution is 5.42. The Kier molecular flexibility index (Phi) is 3.58. The Labute approximate surface area is 91.5 Å². The summed E-state index contributed by atoms with van der Waals surface area (Å²) in [6.45, 7) is 1.40. The Hall–Kier alpha value is -1.94. The van der Waals surface area contributed by atoms with Crippen molar-refractivity contribution in [3.05, 3.63) is 34.9 Å². The molecule has 0 aliphatic heterocycles. The molecule has 0 saturated carbocycles. The fraction of sp³-hybridized carbons (Fsp3) is 0.250. The lowest BCUT2D eigenvalue weighted by molar-refractivity contribution is -0.138. The number of halogens is 3. The summed E-state index contributed by atoms with van der Waals surface area (Å²) >= 11 is 0. The van der Waals surface area contributed by atoms with Gasteiger partial charge in [-0.25, -0.2) is 0 Å². The number of hydrogen-bond acceptors (Lipinski definition) is 1. The van der Waals surface area contributed by atoms with Gasteiger partial charge in [0, 0.05) is 5.56 Å². The molecule has 0 fully saturated rings. The van der Waals surface area contributed by atoms with Gasteiger partial charge in [-0.1, -0.05) is 17.9 Å². The minimum absolute atomic E-state index is 0.00915. The average molecular weight is 223 g/mol. The third-order valence-electron chi connectivity index (χ3n) is 1.94. The largest absolute Gasteiger partial charge is 0.416 e. The minimum Gasteiger partial charge on any atom is -0.197 e. The van der Waals surface area contributed by atoms with E-state index in [9.17, 15) is 13.2 Å². The molecule has 0 N–H and O–H groups in total. The van der Waals surface area contributed by atoms with E-state index >= 15 is 0 Å². The van der Waals surface area contributed by atoms with Gasteiger partial charge in [-0.3, -0.25) is 0 Å². The van der Waals surface area contributed by atoms with Crippen molar-refractivity contribution >= 4 is 0 Å². The fourth-order valence-corrected chi connectivity index (χ4v) is 1.19. The first-order valence-corrected chi connectivity index (χ1v) is 4.49. The Morgan fingerprint density at radius 1 is 1.31 bits per heavy atom. The van der Waals surface area contributed by atoms with Crippen LogP contribution in [-0.2, 0) is 6.18 Å². The predicted octanol–water partition coefficient (Wildman–Crippen LogP) is 3.28. The maximum Gasteiger partial charge on any atom is 0.416 e. The van der Waals surface area contributed by atoms with Crippen molar-refractivity contribution in [2.45, 2.75) is 19.5 Å². The number of hydrogen-bond donors (Lipinski definition) is 0. The number of aryl methyl sites for hydroxylation is 1. The number of rotatable bonds is 0. The second kappa shape index (κ2) is 4.72. The molecular formula is C12H8F3N. The quantitative estimate of drug-likeness (QED) is 0.619. The molecule has 0 heterocycles. The molecule has 82 valence electrons. The molecule has 1 aromatic carbocycles. The molecule has 0 aliphatic rings. The van der Waals surface area contributed by atoms with Gasteiger partial charge in [0.1, 0.15) is 0 Å². The first-order valence-electron chi connectivity index (χ1n) is 4.49. The van der Waals surface area contributed by atoms with E-state index in [1.165, 1.54) is 19.1 Å². The molecular weight excluding hydrogens is 215 g/mol. The predicted molar refractivity (Wildman–Crippen MR) is 53.3 cm³/mol. The van der Waals surface area contributed by atoms with Crippen molar-refractivity contribution in [2.24, 2.45) is 0 Å². The molecule has 1 nitrogen and oxygen atoms in total. The highest BCUT2D eigenvalue weighted by Gasteiger charge is 2.32. The molecule has 4 heteroatoms. The lowest BCUT2D eigenvalue weighted by Gasteiger charge is -2.09. The molecule has 0 amide bonds. The van der Waals surface area contributed by atoms with Gasteiger partial charge in [0.25, 0.3) is 0 Å². The Morgan fingerprint density at radius 2 is 2.00 bits per heavy atom. The number of nitriles is 1. The molecule has 0 saturated heterocycles. The van der Waals surface area contributed by atoms with E-state index in [1.54, 1.807) is 6.07 Å². The molecule has 0 aliphatic carbocycles. The van der Waals surface area contributed by atoms with E-state index < -0.39 is 11.7 Å². The highest BCUT2D eigenvalue weighted by atomic mass is 19.4. The van der Waals surface area contributed by atoms with Crippen molar-refractivity contribution in [3.63, 3.8) is 0 Å². The molecule has 0 aromatic heterocycles. The summed E-state index contributed by atoms with van der Waals surface area (Å²) < 4.78 is 37.5. The molecule has 1 aromatic rings. The van der Waals surface area contributed by atoms with Crippen LogP contribution in [0.15, 0.2) is 18.2 Å². The van der Waals surface area contributed by atoms with Crippen molar-refractivity contribution in [1.29, 1.82) is 5.26 Å². The zero-order valence-corrected chi connectivity index (χ0v) is 8.52. The van der Waals surface area contributed by atoms with Gasteiger partial charge in [-0.2, -0.15) is 18.4 Å². The zero-order chi connectivity index (χ0) is 12.2. The maximum atomic E-state index is 12.5. The van der Waals surface area contributed by atoms with Crippen LogP contribution in [0.5, 0.6) is 0 Å². The van der Waals surface area contributed by atoms with Crippen LogP contribution in [0.4, 0.5) is 13.2 Å². The van der Waals surface area contributed by atoms with E-state index in [0.717, 1.165) is 6.07 Å². The van der Waals surface area contributed by atoms with Gasteiger partial charge in [0.2, 0.25) is 0 Å². The summed E-state index contributed by atoms with van der Waals surface area (Å²) in [5.41, 5.74) is -0.247. The molecule has 16 heavy (non-hydrogen) atoms. The highest BCUT2D eigenvalue weighted by Crippen LogP contribution is 2.32. The van der Waals surface area contributed by atoms with E-state index in [-0.39, 0.29) is 17.5 Å². The number of alkyl halides is 3. The lowest BCUT2D eigenvalue weighted by Crippen LogP contribution is -2.07. The monoisotopic (exact) mass is 223 g/mol. The average Bonchev–Trinajstić information content (AvgIpc) is 2.19. The molecule has 0 bridgehead atoms. The Morgan fingerprint density at radius 3 is 2.56 bits per heavy atom. The molecule has 1 rings (SSSR count). The first kappa shape index (κ1) is 12.1. The summed E-state index contributed by atoms with van der Waals surface area (Å²) in [4.78, 5) is 0. The van der Waals surface area contributed by atoms with Gasteiger partial charge < -0.3 is 0 Å². The van der Waals surface area contributed by atoms with Gasteiger partial charge in [0.05, 0.1) is 18.1 Å². The van der Waals surface area contributed by atoms with E-state index in [4.69, 9.17) is 5.26 Å². The van der Waals surface area contributed by atoms with Gasteiger partial charge >= 0.3 is 6.18 Å². The molecule has 0 unspecified atom stereocenters. The van der Waals surface area contributed by atoms with E-state index in [1.807, 2.05) is 0 Å². The third kappa shape index (κ3) is 3.03. The Bertz CT molecular complexity index is 484. The summed E-state index contributed by atoms with van der Waals surface area (Å²) in [7, 11) is 0. The van der Waals surface area contributed by atoms with Crippen LogP contribution in [-0.4, -0.2) is 0 Å². The standard InChI is InChI=1S/C12H8F3N/c1-9-5-6-10(4-2-3-7-16)8-11(9)12(13,14)15/h5-6,8H,3H2,1H3. The zero-order valence-electron chi connectivity index (χ0n) is 8.52. The van der Waals surface area contributed by atoms with Crippen molar-refractivity contribution in [2.75, 3.05) is 0 Å². The normalized spacial score (nSPS) is 10.2. The fourth-order valence-electron chi connectivity index (χ4n) is 1.19.